The number of hydrogen-bond acceptors (Lipinski definition) is 11. The zero-order valence-corrected chi connectivity index (χ0v) is 38.3. The Hall–Kier alpha value is -4.46. The van der Waals surface area contributed by atoms with Crippen LogP contribution in [0, 0.1) is 34.5 Å². The predicted molar refractivity (Wildman–Crippen MR) is 233 cm³/mol. The Kier molecular flexibility index (Phi) is 14.8. The average Bonchev–Trinajstić information content (AvgIpc) is 3.58. The maximum atomic E-state index is 15.2. The van der Waals surface area contributed by atoms with Gasteiger partial charge in [-0.25, -0.2) is 4.68 Å². The quantitative estimate of drug-likeness (QED) is 0.119. The highest BCUT2D eigenvalue weighted by molar-refractivity contribution is 6.38. The van der Waals surface area contributed by atoms with Gasteiger partial charge in [-0.1, -0.05) is 87.5 Å². The standard InChI is InChI=1S/C47H65ClN6O8/c1-8-13-32(40(57)39(56)20-29-18-19-29)22-38(55)37-25-47(24-36(51-62-47)31-16-12-17-33(48)21-31)27-54(37)43(59)41(45(2,3)4)49-42(58)35(30-14-10-9-11-15-30)23-34-26-53(52-50-34)28-61-44(60)46(5,6)7/h12,16-17,21,26,29-30,32,35,37,41H,8-11,13-15,18-20,22-25,27-28H2,1-7H3,(H,49,58)/t32-,35+,37+,41-,47-/m1/s1. The fourth-order valence-corrected chi connectivity index (χ4v) is 9.30. The molecule has 2 aromatic rings. The third-order valence-corrected chi connectivity index (χ3v) is 13.1. The van der Waals surface area contributed by atoms with Gasteiger partial charge in [0.25, 0.3) is 0 Å². The molecule has 2 aliphatic heterocycles. The highest BCUT2D eigenvalue weighted by atomic mass is 35.5. The molecule has 14 nitrogen and oxygen atoms in total. The van der Waals surface area contributed by atoms with E-state index in [1.807, 2.05) is 39.8 Å². The number of oxime groups is 1. The summed E-state index contributed by atoms with van der Waals surface area (Å²) >= 11 is 6.33. The topological polar surface area (TPSA) is 179 Å². The molecule has 15 heteroatoms. The Morgan fingerprint density at radius 2 is 1.74 bits per heavy atom. The zero-order valence-electron chi connectivity index (χ0n) is 37.5. The number of ether oxygens (including phenoxy) is 1. The molecule has 1 saturated heterocycles. The fourth-order valence-electron chi connectivity index (χ4n) is 9.11. The molecule has 1 aromatic carbocycles. The van der Waals surface area contributed by atoms with Gasteiger partial charge in [-0.05, 0) is 82.3 Å². The maximum Gasteiger partial charge on any atom is 0.313 e. The molecular formula is C47H65ClN6O8. The van der Waals surface area contributed by atoms with Gasteiger partial charge in [0, 0.05) is 54.5 Å². The van der Waals surface area contributed by atoms with Gasteiger partial charge in [0.2, 0.25) is 17.6 Å². The number of carbonyl (C=O) groups is 6. The first-order chi connectivity index (χ1) is 29.3. The molecule has 5 atom stereocenters. The number of likely N-dealkylation sites (tertiary alicyclic amines) is 1. The Bertz CT molecular complexity index is 2020. The molecule has 4 aliphatic rings. The molecule has 0 unspecified atom stereocenters. The number of carbonyl (C=O) groups excluding carboxylic acids is 6. The van der Waals surface area contributed by atoms with Gasteiger partial charge in [0.05, 0.1) is 35.6 Å². The van der Waals surface area contributed by atoms with Gasteiger partial charge in [-0.2, -0.15) is 0 Å². The van der Waals surface area contributed by atoms with Crippen molar-refractivity contribution in [2.45, 2.75) is 163 Å². The highest BCUT2D eigenvalue weighted by Crippen LogP contribution is 2.42. The van der Waals surface area contributed by atoms with Crippen molar-refractivity contribution in [3.63, 3.8) is 0 Å². The van der Waals surface area contributed by atoms with E-state index in [0.717, 1.165) is 50.5 Å². The molecule has 3 fully saturated rings. The predicted octanol–water partition coefficient (Wildman–Crippen LogP) is 7.23. The summed E-state index contributed by atoms with van der Waals surface area (Å²) < 4.78 is 6.86. The van der Waals surface area contributed by atoms with Crippen LogP contribution in [0.25, 0.3) is 0 Å². The monoisotopic (exact) mass is 876 g/mol. The summed E-state index contributed by atoms with van der Waals surface area (Å²) in [6.45, 7) is 12.8. The SMILES string of the molecule is CCC[C@H](CC(=O)[C@@H]1C[C@]2(CC(c3cccc(Cl)c3)=NO2)CN1C(=O)[C@@H](NC(=O)[C@@H](Cc1cn(COC(=O)C(C)(C)C)nn1)C1CCCCC1)C(C)(C)C)C(=O)C(=O)CC1CC1. The van der Waals surface area contributed by atoms with Crippen molar-refractivity contribution in [1.29, 1.82) is 0 Å². The lowest BCUT2D eigenvalue weighted by Crippen LogP contribution is -2.58. The third kappa shape index (κ3) is 11.8. The molecule has 2 saturated carbocycles. The number of rotatable bonds is 18. The summed E-state index contributed by atoms with van der Waals surface area (Å²) in [4.78, 5) is 91.1. The van der Waals surface area contributed by atoms with E-state index in [-0.39, 0.29) is 68.5 Å². The molecular weight excluding hydrogens is 812 g/mol. The first kappa shape index (κ1) is 47.0. The number of nitrogens with zero attached hydrogens (tertiary/aromatic N) is 5. The number of nitrogens with one attached hydrogen (secondary N) is 1. The van der Waals surface area contributed by atoms with Crippen molar-refractivity contribution in [2.24, 2.45) is 39.7 Å². The molecule has 1 spiro atoms. The molecule has 1 N–H and O–H groups in total. The number of hydrogen-bond donors (Lipinski definition) is 1. The van der Waals surface area contributed by atoms with E-state index >= 15 is 4.79 Å². The minimum atomic E-state index is -1.04. The summed E-state index contributed by atoms with van der Waals surface area (Å²) in [6.07, 6.45) is 10.0. The maximum absolute atomic E-state index is 15.2. The Labute approximate surface area is 370 Å². The first-order valence-electron chi connectivity index (χ1n) is 22.5. The van der Waals surface area contributed by atoms with Gasteiger partial charge < -0.3 is 19.8 Å². The molecule has 2 aliphatic carbocycles. The van der Waals surface area contributed by atoms with Crippen molar-refractivity contribution in [2.75, 3.05) is 6.54 Å². The largest absolute Gasteiger partial charge is 0.442 e. The normalized spacial score (nSPS) is 22.1. The number of esters is 1. The van der Waals surface area contributed by atoms with Crippen molar-refractivity contribution >= 4 is 52.4 Å². The van der Waals surface area contributed by atoms with E-state index in [1.165, 1.54) is 9.58 Å². The minimum Gasteiger partial charge on any atom is -0.442 e. The van der Waals surface area contributed by atoms with Crippen molar-refractivity contribution in [1.82, 2.24) is 25.2 Å². The third-order valence-electron chi connectivity index (χ3n) is 12.9. The minimum absolute atomic E-state index is 0.0280. The van der Waals surface area contributed by atoms with E-state index in [9.17, 15) is 24.0 Å². The fraction of sp³-hybridized carbons (Fsp3) is 0.681. The average molecular weight is 878 g/mol. The summed E-state index contributed by atoms with van der Waals surface area (Å²) in [5.41, 5.74) is -0.538. The van der Waals surface area contributed by atoms with Gasteiger partial charge in [0.1, 0.15) is 6.04 Å². The Balaban J connectivity index is 1.25. The number of benzene rings is 1. The van der Waals surface area contributed by atoms with Crippen molar-refractivity contribution in [3.05, 3.63) is 46.7 Å². The van der Waals surface area contributed by atoms with Crippen LogP contribution in [0.5, 0.6) is 0 Å². The van der Waals surface area contributed by atoms with Gasteiger partial charge in [-0.3, -0.25) is 28.8 Å². The van der Waals surface area contributed by atoms with Crippen molar-refractivity contribution < 1.29 is 38.3 Å². The van der Waals surface area contributed by atoms with E-state index in [0.29, 0.717) is 35.7 Å². The first-order valence-corrected chi connectivity index (χ1v) is 22.9. The van der Waals surface area contributed by atoms with Crippen LogP contribution < -0.4 is 5.32 Å². The number of halogens is 1. The van der Waals surface area contributed by atoms with Crippen molar-refractivity contribution in [3.8, 4) is 0 Å². The molecule has 6 rings (SSSR count). The summed E-state index contributed by atoms with van der Waals surface area (Å²) in [5.74, 6) is -3.40. The number of Topliss-reactive ketones (excluding diaryl/α,β-unsaturated/α-hetero) is 3. The van der Waals surface area contributed by atoms with E-state index in [2.05, 4.69) is 20.8 Å². The molecule has 0 bridgehead atoms. The zero-order chi connectivity index (χ0) is 45.0. The molecule has 0 radical (unpaired) electrons. The second-order valence-electron chi connectivity index (χ2n) is 20.4. The van der Waals surface area contributed by atoms with E-state index in [1.54, 1.807) is 39.1 Å². The second kappa shape index (κ2) is 19.5. The van der Waals surface area contributed by atoms with Gasteiger partial charge in [0.15, 0.2) is 23.9 Å². The number of aromatic nitrogens is 3. The Morgan fingerprint density at radius 3 is 2.39 bits per heavy atom. The molecule has 1 aromatic heterocycles. The van der Waals surface area contributed by atoms with Crippen LogP contribution in [0.1, 0.15) is 143 Å². The van der Waals surface area contributed by atoms with E-state index in [4.69, 9.17) is 21.2 Å². The van der Waals surface area contributed by atoms with Gasteiger partial charge in [-0.15, -0.1) is 5.10 Å². The molecule has 2 amide bonds. The smallest absolute Gasteiger partial charge is 0.313 e. The van der Waals surface area contributed by atoms with Crippen LogP contribution in [0.3, 0.4) is 0 Å². The van der Waals surface area contributed by atoms with Crippen LogP contribution in [0.15, 0.2) is 35.6 Å². The lowest BCUT2D eigenvalue weighted by atomic mass is 9.77. The number of ketones is 3. The van der Waals surface area contributed by atoms with Crippen LogP contribution in [-0.2, 0) is 51.5 Å². The summed E-state index contributed by atoms with van der Waals surface area (Å²) in [6, 6.07) is 5.23. The lowest BCUT2D eigenvalue weighted by molar-refractivity contribution is -0.157. The Morgan fingerprint density at radius 1 is 1.02 bits per heavy atom. The van der Waals surface area contributed by atoms with Crippen LogP contribution in [0.4, 0.5) is 0 Å². The molecule has 62 heavy (non-hydrogen) atoms. The van der Waals surface area contributed by atoms with Crippen LogP contribution in [-0.4, -0.2) is 85.0 Å². The highest BCUT2D eigenvalue weighted by Gasteiger charge is 2.55. The second-order valence-corrected chi connectivity index (χ2v) is 20.8. The van der Waals surface area contributed by atoms with Gasteiger partial charge >= 0.3 is 5.97 Å². The number of amides is 2. The van der Waals surface area contributed by atoms with E-state index < -0.39 is 57.8 Å². The van der Waals surface area contributed by atoms with Crippen LogP contribution >= 0.6 is 11.6 Å². The summed E-state index contributed by atoms with van der Waals surface area (Å²) in [7, 11) is 0. The molecule has 338 valence electrons. The summed E-state index contributed by atoms with van der Waals surface area (Å²) in [5, 5.41) is 16.6. The lowest BCUT2D eigenvalue weighted by Gasteiger charge is -2.37. The van der Waals surface area contributed by atoms with Crippen LogP contribution in [0.2, 0.25) is 5.02 Å². The molecule has 3 heterocycles.